The quantitative estimate of drug-likeness (QED) is 0.205. The topological polar surface area (TPSA) is 29.4 Å². The molecule has 0 aliphatic carbocycles. The molecule has 0 N–H and O–H groups in total. The third kappa shape index (κ3) is 4.26. The van der Waals surface area contributed by atoms with E-state index in [0.29, 0.717) is 9.46 Å². The van der Waals surface area contributed by atoms with Gasteiger partial charge in [0.2, 0.25) is 0 Å². The second-order valence-corrected chi connectivity index (χ2v) is 29.4. The zero-order chi connectivity index (χ0) is 12.2. The van der Waals surface area contributed by atoms with E-state index in [1.807, 2.05) is 0 Å². The summed E-state index contributed by atoms with van der Waals surface area (Å²) in [6.07, 6.45) is 5.59. The normalized spacial score (nSPS) is 26.4. The maximum absolute atomic E-state index is 10.4. The molecule has 0 aromatic heterocycles. The van der Waals surface area contributed by atoms with Gasteiger partial charge >= 0.3 is 111 Å². The molecule has 1 saturated heterocycles. The average molecular weight is 451 g/mol. The monoisotopic (exact) mass is 451 g/mol. The van der Waals surface area contributed by atoms with Gasteiger partial charge in [0.05, 0.1) is 0 Å². The van der Waals surface area contributed by atoms with E-state index in [1.54, 1.807) is 6.08 Å². The number of nitrogens with zero attached hydrogens (tertiary/aromatic N) is 1. The number of alkyl halides is 4. The zero-order valence-corrected chi connectivity index (χ0v) is 15.0. The van der Waals surface area contributed by atoms with Gasteiger partial charge in [-0.05, 0) is 0 Å². The van der Waals surface area contributed by atoms with Gasteiger partial charge in [-0.2, -0.15) is 0 Å². The first-order valence-electron chi connectivity index (χ1n) is 5.78. The molecule has 0 saturated carbocycles. The second kappa shape index (κ2) is 6.69. The fraction of sp³-hybridized carbons (Fsp3) is 0.917. The predicted octanol–water partition coefficient (Wildman–Crippen LogP) is 4.44. The van der Waals surface area contributed by atoms with E-state index in [-0.39, 0.29) is 0 Å². The number of isocyanates is 1. The molecule has 2 nitrogen and oxygen atoms in total. The van der Waals surface area contributed by atoms with Crippen LogP contribution in [0.25, 0.3) is 0 Å². The number of aliphatic imine (C=N–C) groups is 1. The van der Waals surface area contributed by atoms with Crippen LogP contribution in [-0.2, 0) is 4.79 Å². The van der Waals surface area contributed by atoms with E-state index in [9.17, 15) is 4.79 Å². The Morgan fingerprint density at radius 2 is 2.19 bits per heavy atom. The third-order valence-corrected chi connectivity index (χ3v) is 33.1. The first kappa shape index (κ1) is 14.9. The molecular weight excluding hydrogens is 428 g/mol. The fourth-order valence-electron chi connectivity index (χ4n) is 1.61. The third-order valence-electron chi connectivity index (χ3n) is 3.10. The van der Waals surface area contributed by atoms with Crippen LogP contribution in [0.1, 0.15) is 40.0 Å². The molecule has 1 fully saturated rings. The molecule has 1 aliphatic rings. The second-order valence-electron chi connectivity index (χ2n) is 4.97. The van der Waals surface area contributed by atoms with Gasteiger partial charge in [-0.25, -0.2) is 0 Å². The Hall–Kier alpha value is 0.840. The number of halogens is 2. The summed E-state index contributed by atoms with van der Waals surface area (Å²) in [6, 6.07) is 0. The Balaban J connectivity index is 2.63. The average Bonchev–Trinajstić information content (AvgIpc) is 2.24. The summed E-state index contributed by atoms with van der Waals surface area (Å²) in [4.78, 5) is 17.0. The van der Waals surface area contributed by atoms with Gasteiger partial charge in [0.1, 0.15) is 0 Å². The van der Waals surface area contributed by atoms with Crippen LogP contribution in [0.3, 0.4) is 0 Å². The van der Waals surface area contributed by atoms with Crippen molar-refractivity contribution in [3.8, 4) is 0 Å². The first-order chi connectivity index (χ1) is 7.50. The van der Waals surface area contributed by atoms with Crippen LogP contribution >= 0.6 is 31.7 Å². The SMILES string of the molecule is CCC(C)(C)CI1CCCC(N=C=O)I1C. The molecule has 1 atom stereocenters. The Morgan fingerprint density at radius 3 is 2.75 bits per heavy atom. The van der Waals surface area contributed by atoms with Crippen LogP contribution in [0.4, 0.5) is 0 Å². The molecule has 1 unspecified atom stereocenters. The van der Waals surface area contributed by atoms with E-state index < -0.39 is 31.7 Å². The van der Waals surface area contributed by atoms with Crippen molar-refractivity contribution in [2.75, 3.05) is 13.8 Å². The molecule has 96 valence electrons. The summed E-state index contributed by atoms with van der Waals surface area (Å²) < 4.78 is 3.47. The van der Waals surface area contributed by atoms with Crippen molar-refractivity contribution in [3.63, 3.8) is 0 Å². The van der Waals surface area contributed by atoms with Crippen LogP contribution in [0.5, 0.6) is 0 Å². The van der Waals surface area contributed by atoms with Gasteiger partial charge in [-0.3, -0.25) is 0 Å². The summed E-state index contributed by atoms with van der Waals surface area (Å²) in [5.41, 5.74) is 0.531. The predicted molar refractivity (Wildman–Crippen MR) is 88.9 cm³/mol. The van der Waals surface area contributed by atoms with E-state index in [0.717, 1.165) is 0 Å². The summed E-state index contributed by atoms with van der Waals surface area (Å²) in [6.45, 7) is 7.11. The summed E-state index contributed by atoms with van der Waals surface area (Å²) >= 11 is -1.67. The van der Waals surface area contributed by atoms with Gasteiger partial charge in [0, 0.05) is 0 Å². The van der Waals surface area contributed by atoms with Crippen molar-refractivity contribution in [2.45, 2.75) is 44.1 Å². The molecule has 0 radical (unpaired) electrons. The minimum absolute atomic E-state index is 0.452. The fourth-order valence-corrected chi connectivity index (χ4v) is 31.7. The van der Waals surface area contributed by atoms with Crippen LogP contribution in [0.15, 0.2) is 4.99 Å². The molecule has 0 bridgehead atoms. The molecule has 16 heavy (non-hydrogen) atoms. The number of hydrogen-bond donors (Lipinski definition) is 0. The van der Waals surface area contributed by atoms with E-state index in [1.165, 1.54) is 28.1 Å². The maximum atomic E-state index is 10.4. The van der Waals surface area contributed by atoms with E-state index >= 15 is 0 Å². The van der Waals surface area contributed by atoms with Crippen LogP contribution in [0.2, 0.25) is 0 Å². The molecule has 1 heterocycles. The van der Waals surface area contributed by atoms with Gasteiger partial charge in [-0.15, -0.1) is 0 Å². The van der Waals surface area contributed by atoms with Crippen molar-refractivity contribution < 1.29 is 4.79 Å². The van der Waals surface area contributed by atoms with Gasteiger partial charge in [-0.1, -0.05) is 0 Å². The molecule has 4 heteroatoms. The molecule has 1 rings (SSSR count). The zero-order valence-electron chi connectivity index (χ0n) is 10.7. The molecule has 0 aromatic rings. The van der Waals surface area contributed by atoms with E-state index in [2.05, 4.69) is 30.7 Å². The minimum atomic E-state index is -0.911. The van der Waals surface area contributed by atoms with Gasteiger partial charge in [0.25, 0.3) is 0 Å². The van der Waals surface area contributed by atoms with Crippen molar-refractivity contribution >= 4 is 37.8 Å². The molecule has 1 aliphatic heterocycles. The van der Waals surface area contributed by atoms with Crippen molar-refractivity contribution in [1.82, 2.24) is 0 Å². The standard InChI is InChI=1S/C12H23I2NO/c1-5-12(2,3)9-14-8-6-7-11(13(14)4)15-10-16/h11H,5-9H2,1-4H3. The Bertz CT molecular complexity index is 274. The number of hydrogen-bond acceptors (Lipinski definition) is 2. The summed E-state index contributed by atoms with van der Waals surface area (Å²) in [5.74, 6) is 0. The van der Waals surface area contributed by atoms with Crippen molar-refractivity contribution in [2.24, 2.45) is 10.4 Å². The Kier molecular flexibility index (Phi) is 6.23. The summed E-state index contributed by atoms with van der Waals surface area (Å²) in [7, 11) is 0. The van der Waals surface area contributed by atoms with Crippen LogP contribution in [0, 0.1) is 5.41 Å². The van der Waals surface area contributed by atoms with Gasteiger partial charge in [0.15, 0.2) is 0 Å². The molecule has 0 amide bonds. The Labute approximate surface area is 110 Å². The molecular formula is C12H23I2NO. The van der Waals surface area contributed by atoms with Crippen molar-refractivity contribution in [3.05, 3.63) is 0 Å². The molecule has 0 aromatic carbocycles. The first-order valence-corrected chi connectivity index (χ1v) is 18.5. The van der Waals surface area contributed by atoms with Crippen LogP contribution in [-0.4, -0.2) is 23.9 Å². The Morgan fingerprint density at radius 1 is 1.50 bits per heavy atom. The number of rotatable bonds is 4. The number of carbonyl (C=O) groups excluding carboxylic acids is 1. The van der Waals surface area contributed by atoms with Crippen molar-refractivity contribution in [1.29, 1.82) is 0 Å². The molecule has 0 spiro atoms. The van der Waals surface area contributed by atoms with Gasteiger partial charge < -0.3 is 0 Å². The van der Waals surface area contributed by atoms with E-state index in [4.69, 9.17) is 0 Å². The summed E-state index contributed by atoms with van der Waals surface area (Å²) in [5, 5.41) is 0. The van der Waals surface area contributed by atoms with Crippen LogP contribution < -0.4 is 0 Å².